The van der Waals surface area contributed by atoms with Gasteiger partial charge in [0, 0.05) is 24.5 Å². The lowest BCUT2D eigenvalue weighted by molar-refractivity contribution is -0.140. The van der Waals surface area contributed by atoms with Crippen molar-refractivity contribution in [2.24, 2.45) is 0 Å². The number of rotatable bonds is 16. The Hall–Kier alpha value is -4.54. The summed E-state index contributed by atoms with van der Waals surface area (Å²) in [6.07, 6.45) is 1.85. The number of carbonyl (C=O) groups excluding carboxylic acids is 2. The third-order valence-corrected chi connectivity index (χ3v) is 9.82. The van der Waals surface area contributed by atoms with Crippen LogP contribution in [0.2, 0.25) is 5.02 Å². The zero-order chi connectivity index (χ0) is 33.8. The molecule has 0 spiro atoms. The van der Waals surface area contributed by atoms with E-state index in [-0.39, 0.29) is 35.2 Å². The van der Waals surface area contributed by atoms with Crippen LogP contribution >= 0.6 is 11.6 Å². The third-order valence-electron chi connectivity index (χ3n) is 7.68. The van der Waals surface area contributed by atoms with Gasteiger partial charge in [-0.25, -0.2) is 8.42 Å². The molecule has 248 valence electrons. The lowest BCUT2D eigenvalue weighted by atomic mass is 10.0. The summed E-state index contributed by atoms with van der Waals surface area (Å²) in [5, 5.41) is 3.40. The maximum atomic E-state index is 14.6. The fourth-order valence-corrected chi connectivity index (χ4v) is 6.71. The molecule has 11 heteroatoms. The van der Waals surface area contributed by atoms with Crippen molar-refractivity contribution >= 4 is 39.1 Å². The Kier molecular flexibility index (Phi) is 12.7. The SMILES string of the molecule is CCCCNC(=O)[C@@H](Cc1ccccc1)N(Cc1ccccc1Cl)C(=O)CN(c1ccccc1OC)S(=O)(=O)c1ccc(OC)cc1. The molecular formula is C36H40ClN3O6S. The second-order valence-corrected chi connectivity index (χ2v) is 13.1. The Morgan fingerprint density at radius 1 is 0.851 bits per heavy atom. The van der Waals surface area contributed by atoms with E-state index in [2.05, 4.69) is 5.32 Å². The van der Waals surface area contributed by atoms with Gasteiger partial charge in [0.2, 0.25) is 11.8 Å². The zero-order valence-electron chi connectivity index (χ0n) is 26.8. The number of unbranched alkanes of at least 4 members (excludes halogenated alkanes) is 1. The number of halogens is 1. The van der Waals surface area contributed by atoms with E-state index in [1.54, 1.807) is 48.5 Å². The highest BCUT2D eigenvalue weighted by molar-refractivity contribution is 7.92. The van der Waals surface area contributed by atoms with E-state index < -0.39 is 28.5 Å². The molecule has 47 heavy (non-hydrogen) atoms. The minimum Gasteiger partial charge on any atom is -0.497 e. The van der Waals surface area contributed by atoms with Gasteiger partial charge in [-0.05, 0) is 60.0 Å². The maximum Gasteiger partial charge on any atom is 0.264 e. The molecule has 9 nitrogen and oxygen atoms in total. The smallest absolute Gasteiger partial charge is 0.264 e. The highest BCUT2D eigenvalue weighted by Gasteiger charge is 2.35. The summed E-state index contributed by atoms with van der Waals surface area (Å²) in [6, 6.07) is 28.0. The molecule has 0 bridgehead atoms. The number of hydrogen-bond acceptors (Lipinski definition) is 6. The summed E-state index contributed by atoms with van der Waals surface area (Å²) in [5.41, 5.74) is 1.63. The molecule has 0 heterocycles. The molecule has 0 saturated carbocycles. The van der Waals surface area contributed by atoms with Crippen LogP contribution in [-0.2, 0) is 32.6 Å². The first-order chi connectivity index (χ1) is 22.7. The van der Waals surface area contributed by atoms with Crippen molar-refractivity contribution in [3.8, 4) is 11.5 Å². The molecule has 0 aliphatic heterocycles. The van der Waals surface area contributed by atoms with Gasteiger partial charge in [0.05, 0.1) is 24.8 Å². The number of para-hydroxylation sites is 2. The normalized spacial score (nSPS) is 11.7. The van der Waals surface area contributed by atoms with Gasteiger partial charge in [-0.1, -0.05) is 85.6 Å². The molecule has 0 aliphatic carbocycles. The predicted molar refractivity (Wildman–Crippen MR) is 184 cm³/mol. The van der Waals surface area contributed by atoms with Gasteiger partial charge in [-0.3, -0.25) is 13.9 Å². The Morgan fingerprint density at radius 2 is 1.51 bits per heavy atom. The van der Waals surface area contributed by atoms with Gasteiger partial charge < -0.3 is 19.7 Å². The van der Waals surface area contributed by atoms with Crippen molar-refractivity contribution in [1.82, 2.24) is 10.2 Å². The number of hydrogen-bond donors (Lipinski definition) is 1. The fraction of sp³-hybridized carbons (Fsp3) is 0.278. The monoisotopic (exact) mass is 677 g/mol. The molecule has 4 rings (SSSR count). The Bertz CT molecular complexity index is 1740. The summed E-state index contributed by atoms with van der Waals surface area (Å²) >= 11 is 6.57. The molecule has 0 saturated heterocycles. The molecule has 0 aromatic heterocycles. The van der Waals surface area contributed by atoms with Crippen molar-refractivity contribution in [3.63, 3.8) is 0 Å². The van der Waals surface area contributed by atoms with E-state index in [1.165, 1.54) is 43.4 Å². The van der Waals surface area contributed by atoms with Gasteiger partial charge in [0.25, 0.3) is 10.0 Å². The minimum atomic E-state index is -4.32. The van der Waals surface area contributed by atoms with E-state index in [9.17, 15) is 18.0 Å². The van der Waals surface area contributed by atoms with Crippen LogP contribution in [-0.4, -0.2) is 58.5 Å². The molecular weight excluding hydrogens is 638 g/mol. The number of nitrogens with one attached hydrogen (secondary N) is 1. The van der Waals surface area contributed by atoms with Crippen LogP contribution in [0.3, 0.4) is 0 Å². The first-order valence-electron chi connectivity index (χ1n) is 15.3. The Labute approximate surface area is 282 Å². The minimum absolute atomic E-state index is 0.0282. The summed E-state index contributed by atoms with van der Waals surface area (Å²) in [5.74, 6) is -0.204. The van der Waals surface area contributed by atoms with Crippen LogP contribution in [0.15, 0.2) is 108 Å². The summed E-state index contributed by atoms with van der Waals surface area (Å²) in [7, 11) is -1.40. The number of amides is 2. The van der Waals surface area contributed by atoms with Crippen LogP contribution in [0.4, 0.5) is 5.69 Å². The molecule has 0 unspecified atom stereocenters. The highest BCUT2D eigenvalue weighted by Crippen LogP contribution is 2.33. The van der Waals surface area contributed by atoms with Crippen LogP contribution in [0, 0.1) is 0 Å². The molecule has 4 aromatic carbocycles. The van der Waals surface area contributed by atoms with Crippen molar-refractivity contribution in [1.29, 1.82) is 0 Å². The van der Waals surface area contributed by atoms with E-state index in [0.717, 1.165) is 22.7 Å². The first-order valence-corrected chi connectivity index (χ1v) is 17.2. The Balaban J connectivity index is 1.82. The molecule has 0 fully saturated rings. The largest absolute Gasteiger partial charge is 0.497 e. The van der Waals surface area contributed by atoms with E-state index in [1.807, 2.05) is 37.3 Å². The average Bonchev–Trinajstić information content (AvgIpc) is 3.09. The van der Waals surface area contributed by atoms with Crippen LogP contribution in [0.1, 0.15) is 30.9 Å². The number of anilines is 1. The maximum absolute atomic E-state index is 14.6. The highest BCUT2D eigenvalue weighted by atomic mass is 35.5. The van der Waals surface area contributed by atoms with Gasteiger partial charge in [-0.2, -0.15) is 0 Å². The number of nitrogens with zero attached hydrogens (tertiary/aromatic N) is 2. The number of ether oxygens (including phenoxy) is 2. The molecule has 0 radical (unpaired) electrons. The molecule has 1 atom stereocenters. The number of methoxy groups -OCH3 is 2. The zero-order valence-corrected chi connectivity index (χ0v) is 28.3. The van der Waals surface area contributed by atoms with Gasteiger partial charge in [-0.15, -0.1) is 0 Å². The van der Waals surface area contributed by atoms with E-state index >= 15 is 0 Å². The molecule has 4 aromatic rings. The second-order valence-electron chi connectivity index (χ2n) is 10.8. The van der Waals surface area contributed by atoms with Crippen LogP contribution in [0.5, 0.6) is 11.5 Å². The summed E-state index contributed by atoms with van der Waals surface area (Å²) < 4.78 is 40.4. The van der Waals surface area contributed by atoms with Crippen LogP contribution < -0.4 is 19.1 Å². The van der Waals surface area contributed by atoms with E-state index in [0.29, 0.717) is 22.9 Å². The number of benzene rings is 4. The quantitative estimate of drug-likeness (QED) is 0.144. The van der Waals surface area contributed by atoms with E-state index in [4.69, 9.17) is 21.1 Å². The van der Waals surface area contributed by atoms with Crippen molar-refractivity contribution in [2.75, 3.05) is 31.6 Å². The summed E-state index contributed by atoms with van der Waals surface area (Å²) in [6.45, 7) is 1.82. The van der Waals surface area contributed by atoms with Gasteiger partial charge in [0.15, 0.2) is 0 Å². The number of sulfonamides is 1. The molecule has 1 N–H and O–H groups in total. The lowest BCUT2D eigenvalue weighted by Crippen LogP contribution is -2.53. The summed E-state index contributed by atoms with van der Waals surface area (Å²) in [4.78, 5) is 29.9. The van der Waals surface area contributed by atoms with Gasteiger partial charge >= 0.3 is 0 Å². The van der Waals surface area contributed by atoms with Crippen molar-refractivity contribution in [3.05, 3.63) is 119 Å². The molecule has 2 amide bonds. The first kappa shape index (κ1) is 35.3. The fourth-order valence-electron chi connectivity index (χ4n) is 5.09. The van der Waals surface area contributed by atoms with Gasteiger partial charge in [0.1, 0.15) is 24.1 Å². The van der Waals surface area contributed by atoms with Crippen molar-refractivity contribution in [2.45, 2.75) is 43.7 Å². The second kappa shape index (κ2) is 16.9. The predicted octanol–water partition coefficient (Wildman–Crippen LogP) is 6.11. The molecule has 0 aliphatic rings. The Morgan fingerprint density at radius 3 is 2.17 bits per heavy atom. The van der Waals surface area contributed by atoms with Crippen LogP contribution in [0.25, 0.3) is 0 Å². The van der Waals surface area contributed by atoms with Crippen molar-refractivity contribution < 1.29 is 27.5 Å². The number of carbonyl (C=O) groups is 2. The standard InChI is InChI=1S/C36H40ClN3O6S/c1-4-5-23-38-36(42)33(24-27-13-7-6-8-14-27)39(25-28-15-9-10-16-31(28)37)35(41)26-40(32-17-11-12-18-34(32)46-3)47(43,44)30-21-19-29(45-2)20-22-30/h6-22,33H,4-5,23-26H2,1-3H3,(H,38,42)/t33-/m1/s1. The topological polar surface area (TPSA) is 105 Å². The average molecular weight is 678 g/mol. The lowest BCUT2D eigenvalue weighted by Gasteiger charge is -2.34. The third kappa shape index (κ3) is 9.05.